The number of alkyl halides is 2. The van der Waals surface area contributed by atoms with Gasteiger partial charge in [-0.1, -0.05) is 49.4 Å². The number of fused-ring (bicyclic) bond motifs is 1. The van der Waals surface area contributed by atoms with Gasteiger partial charge in [-0.2, -0.15) is 0 Å². The Hall–Kier alpha value is -3.25. The maximum absolute atomic E-state index is 14.2. The van der Waals surface area contributed by atoms with Crippen LogP contribution in [0.3, 0.4) is 0 Å². The summed E-state index contributed by atoms with van der Waals surface area (Å²) in [6.07, 6.45) is 0.949. The molecule has 2 N–H and O–H groups in total. The number of nitrogens with one attached hydrogen (secondary N) is 1. The largest absolute Gasteiger partial charge is 0.392 e. The fraction of sp³-hybridized carbons (Fsp3) is 0.240. The first-order chi connectivity index (χ1) is 14.9. The van der Waals surface area contributed by atoms with Crippen LogP contribution in [0.1, 0.15) is 36.1 Å². The molecule has 0 atom stereocenters. The predicted octanol–water partition coefficient (Wildman–Crippen LogP) is 5.99. The van der Waals surface area contributed by atoms with Gasteiger partial charge in [0.15, 0.2) is 0 Å². The Morgan fingerprint density at radius 3 is 2.39 bits per heavy atom. The van der Waals surface area contributed by atoms with Gasteiger partial charge in [0.05, 0.1) is 24.2 Å². The second-order valence-electron chi connectivity index (χ2n) is 7.72. The lowest BCUT2D eigenvalue weighted by Gasteiger charge is -2.18. The van der Waals surface area contributed by atoms with Crippen molar-refractivity contribution in [3.05, 3.63) is 89.0 Å². The molecule has 160 valence electrons. The molecule has 0 saturated carbocycles. The lowest BCUT2D eigenvalue weighted by atomic mass is 10.0. The summed E-state index contributed by atoms with van der Waals surface area (Å²) < 4.78 is 30.3. The molecule has 4 nitrogen and oxygen atoms in total. The van der Waals surface area contributed by atoms with E-state index < -0.39 is 5.92 Å². The van der Waals surface area contributed by atoms with Crippen molar-refractivity contribution in [1.29, 1.82) is 0 Å². The van der Waals surface area contributed by atoms with E-state index in [1.807, 2.05) is 47.0 Å². The van der Waals surface area contributed by atoms with Gasteiger partial charge in [0.25, 0.3) is 5.92 Å². The fourth-order valence-corrected chi connectivity index (χ4v) is 3.74. The fourth-order valence-electron chi connectivity index (χ4n) is 3.74. The molecule has 0 bridgehead atoms. The zero-order valence-corrected chi connectivity index (χ0v) is 17.6. The summed E-state index contributed by atoms with van der Waals surface area (Å²) in [7, 11) is 0. The van der Waals surface area contributed by atoms with Crippen molar-refractivity contribution in [2.45, 2.75) is 39.3 Å². The summed E-state index contributed by atoms with van der Waals surface area (Å²) in [5.41, 5.74) is 4.87. The Kier molecular flexibility index (Phi) is 5.74. The van der Waals surface area contributed by atoms with Crippen LogP contribution in [-0.2, 0) is 25.5 Å². The highest BCUT2D eigenvalue weighted by Crippen LogP contribution is 2.32. The van der Waals surface area contributed by atoms with E-state index in [0.717, 1.165) is 30.1 Å². The Morgan fingerprint density at radius 1 is 1.00 bits per heavy atom. The molecule has 0 aliphatic heterocycles. The number of imidazole rings is 1. The van der Waals surface area contributed by atoms with E-state index in [-0.39, 0.29) is 18.7 Å². The Bertz CT molecular complexity index is 1190. The van der Waals surface area contributed by atoms with Crippen LogP contribution in [0, 0.1) is 0 Å². The van der Waals surface area contributed by atoms with Crippen molar-refractivity contribution in [3.8, 4) is 0 Å². The van der Waals surface area contributed by atoms with Gasteiger partial charge in [0.1, 0.15) is 0 Å². The van der Waals surface area contributed by atoms with Crippen LogP contribution < -0.4 is 5.32 Å². The molecular weight excluding hydrogens is 396 g/mol. The van der Waals surface area contributed by atoms with Crippen LogP contribution in [0.15, 0.2) is 66.7 Å². The highest BCUT2D eigenvalue weighted by atomic mass is 19.3. The molecule has 0 aliphatic carbocycles. The van der Waals surface area contributed by atoms with Crippen LogP contribution in [0.4, 0.5) is 20.4 Å². The molecule has 0 unspecified atom stereocenters. The Morgan fingerprint density at radius 2 is 1.71 bits per heavy atom. The quantitative estimate of drug-likeness (QED) is 0.385. The predicted molar refractivity (Wildman–Crippen MR) is 120 cm³/mol. The zero-order valence-electron chi connectivity index (χ0n) is 17.6. The van der Waals surface area contributed by atoms with Crippen LogP contribution in [0.5, 0.6) is 0 Å². The van der Waals surface area contributed by atoms with E-state index >= 15 is 0 Å². The molecule has 0 spiro atoms. The number of halogens is 2. The molecule has 6 heteroatoms. The van der Waals surface area contributed by atoms with E-state index in [9.17, 15) is 13.9 Å². The van der Waals surface area contributed by atoms with Gasteiger partial charge in [0.2, 0.25) is 5.95 Å². The molecule has 0 aliphatic rings. The van der Waals surface area contributed by atoms with Crippen LogP contribution >= 0.6 is 0 Å². The lowest BCUT2D eigenvalue weighted by molar-refractivity contribution is 0.0165. The van der Waals surface area contributed by atoms with Gasteiger partial charge < -0.3 is 15.0 Å². The van der Waals surface area contributed by atoms with Gasteiger partial charge in [-0.15, -0.1) is 0 Å². The summed E-state index contributed by atoms with van der Waals surface area (Å²) >= 11 is 0. The SMILES string of the molecule is CCc1ccc(Nc2nc3cc(CO)ccc3n2Cc2ccccc2C(C)(F)F)cc1. The van der Waals surface area contributed by atoms with Gasteiger partial charge in [-0.3, -0.25) is 0 Å². The summed E-state index contributed by atoms with van der Waals surface area (Å²) in [6, 6.07) is 20.2. The standard InChI is InChI=1S/C25H25F2N3O/c1-3-17-8-11-20(12-9-17)28-24-29-22-14-18(16-31)10-13-23(22)30(24)15-19-6-4-5-7-21(19)25(2,26)27/h4-14,31H,3,15-16H2,1-2H3,(H,28,29). The minimum absolute atomic E-state index is 0.00192. The third kappa shape index (κ3) is 4.44. The first-order valence-electron chi connectivity index (χ1n) is 10.3. The van der Waals surface area contributed by atoms with E-state index in [4.69, 9.17) is 4.98 Å². The van der Waals surface area contributed by atoms with Crippen LogP contribution in [0.25, 0.3) is 11.0 Å². The number of nitrogens with zero attached hydrogens (tertiary/aromatic N) is 2. The van der Waals surface area contributed by atoms with Gasteiger partial charge in [0, 0.05) is 18.2 Å². The van der Waals surface area contributed by atoms with Gasteiger partial charge in [-0.25, -0.2) is 13.8 Å². The number of aliphatic hydroxyl groups excluding tert-OH is 1. The summed E-state index contributed by atoms with van der Waals surface area (Å²) in [4.78, 5) is 4.70. The average molecular weight is 421 g/mol. The second kappa shape index (κ2) is 8.47. The number of aromatic nitrogens is 2. The van der Waals surface area contributed by atoms with Crippen molar-refractivity contribution < 1.29 is 13.9 Å². The second-order valence-corrected chi connectivity index (χ2v) is 7.72. The molecule has 0 fully saturated rings. The Labute approximate surface area is 180 Å². The molecule has 4 rings (SSSR count). The normalized spacial score (nSPS) is 11.8. The van der Waals surface area contributed by atoms with E-state index in [0.29, 0.717) is 17.0 Å². The van der Waals surface area contributed by atoms with Crippen molar-refractivity contribution in [2.24, 2.45) is 0 Å². The third-order valence-corrected chi connectivity index (χ3v) is 5.43. The van der Waals surface area contributed by atoms with Crippen molar-refractivity contribution in [3.63, 3.8) is 0 Å². The molecule has 0 radical (unpaired) electrons. The monoisotopic (exact) mass is 421 g/mol. The molecule has 1 aromatic heterocycles. The zero-order chi connectivity index (χ0) is 22.0. The topological polar surface area (TPSA) is 50.1 Å². The number of anilines is 2. The third-order valence-electron chi connectivity index (χ3n) is 5.43. The molecule has 31 heavy (non-hydrogen) atoms. The first-order valence-corrected chi connectivity index (χ1v) is 10.3. The smallest absolute Gasteiger partial charge is 0.270 e. The highest BCUT2D eigenvalue weighted by molar-refractivity contribution is 5.80. The lowest BCUT2D eigenvalue weighted by Crippen LogP contribution is -2.14. The molecular formula is C25H25F2N3O. The summed E-state index contributed by atoms with van der Waals surface area (Å²) in [6.45, 7) is 3.17. The van der Waals surface area contributed by atoms with Crippen LogP contribution in [0.2, 0.25) is 0 Å². The Balaban J connectivity index is 1.80. The highest BCUT2D eigenvalue weighted by Gasteiger charge is 2.27. The minimum atomic E-state index is -2.94. The van der Waals surface area contributed by atoms with Crippen molar-refractivity contribution in [2.75, 3.05) is 5.32 Å². The maximum Gasteiger partial charge on any atom is 0.270 e. The maximum atomic E-state index is 14.2. The first kappa shape index (κ1) is 21.0. The van der Waals surface area contributed by atoms with E-state index in [2.05, 4.69) is 12.2 Å². The van der Waals surface area contributed by atoms with Crippen molar-refractivity contribution >= 4 is 22.7 Å². The number of benzene rings is 3. The number of hydrogen-bond acceptors (Lipinski definition) is 3. The van der Waals surface area contributed by atoms with E-state index in [1.54, 1.807) is 18.2 Å². The average Bonchev–Trinajstić information content (AvgIpc) is 3.10. The number of hydrogen-bond donors (Lipinski definition) is 2. The molecule has 0 saturated heterocycles. The molecule has 1 heterocycles. The number of aryl methyl sites for hydroxylation is 1. The van der Waals surface area contributed by atoms with Gasteiger partial charge >= 0.3 is 0 Å². The summed E-state index contributed by atoms with van der Waals surface area (Å²) in [5, 5.41) is 12.8. The van der Waals surface area contributed by atoms with Gasteiger partial charge in [-0.05, 0) is 47.4 Å². The number of aliphatic hydroxyl groups is 1. The van der Waals surface area contributed by atoms with Crippen molar-refractivity contribution in [1.82, 2.24) is 9.55 Å². The molecule has 0 amide bonds. The summed E-state index contributed by atoms with van der Waals surface area (Å²) in [5.74, 6) is -2.38. The number of rotatable bonds is 7. The van der Waals surface area contributed by atoms with E-state index in [1.165, 1.54) is 11.6 Å². The molecule has 4 aromatic rings. The minimum Gasteiger partial charge on any atom is -0.392 e. The molecule has 3 aromatic carbocycles. The van der Waals surface area contributed by atoms with Crippen LogP contribution in [-0.4, -0.2) is 14.7 Å².